The Morgan fingerprint density at radius 1 is 1.11 bits per heavy atom. The maximum Gasteiger partial charge on any atom is 0.213 e. The molecule has 0 saturated heterocycles. The van der Waals surface area contributed by atoms with Gasteiger partial charge in [0.25, 0.3) is 0 Å². The van der Waals surface area contributed by atoms with Gasteiger partial charge in [-0.3, -0.25) is 4.72 Å². The van der Waals surface area contributed by atoms with Crippen molar-refractivity contribution in [1.82, 2.24) is 9.71 Å². The van der Waals surface area contributed by atoms with Crippen LogP contribution < -0.4 is 4.72 Å². The number of hydrogen-bond acceptors (Lipinski definition) is 4. The lowest BCUT2D eigenvalue weighted by Crippen LogP contribution is -1.90. The summed E-state index contributed by atoms with van der Waals surface area (Å²) in [6, 6.07) is 11.1. The molecule has 0 amide bonds. The second kappa shape index (κ2) is 7.81. The monoisotopic (exact) mass is 266 g/mol. The lowest BCUT2D eigenvalue weighted by atomic mass is 10.1. The summed E-state index contributed by atoms with van der Waals surface area (Å²) in [5.41, 5.74) is 1.83. The Bertz CT molecular complexity index is 477. The molecule has 0 aliphatic carbocycles. The number of aliphatic hydroxyl groups excluding tert-OH is 1. The second-order valence-corrected chi connectivity index (χ2v) is 4.28. The molecule has 2 aromatic rings. The average molecular weight is 266 g/mol. The third-order valence-electron chi connectivity index (χ3n) is 2.13. The molecule has 1 aromatic heterocycles. The van der Waals surface area contributed by atoms with Crippen molar-refractivity contribution in [2.45, 2.75) is 4.90 Å². The Morgan fingerprint density at radius 2 is 1.78 bits per heavy atom. The molecule has 0 spiro atoms. The van der Waals surface area contributed by atoms with E-state index >= 15 is 0 Å². The molecule has 2 N–H and O–H groups in total. The van der Waals surface area contributed by atoms with Crippen LogP contribution in [0.2, 0.25) is 0 Å². The highest BCUT2D eigenvalue weighted by molar-refractivity contribution is 7.97. The quantitative estimate of drug-likeness (QED) is 0.662. The summed E-state index contributed by atoms with van der Waals surface area (Å²) in [6.07, 6.45) is 1.47. The summed E-state index contributed by atoms with van der Waals surface area (Å²) in [6.45, 7) is 0. The lowest BCUT2D eigenvalue weighted by Gasteiger charge is -2.03. The zero-order chi connectivity index (χ0) is 13.4. The zero-order valence-electron chi connectivity index (χ0n) is 10.2. The van der Waals surface area contributed by atoms with E-state index in [1.807, 2.05) is 31.3 Å². The van der Waals surface area contributed by atoms with Crippen LogP contribution in [0.3, 0.4) is 0 Å². The van der Waals surface area contributed by atoms with Gasteiger partial charge in [-0.2, -0.15) is 4.39 Å². The predicted molar refractivity (Wildman–Crippen MR) is 72.7 cm³/mol. The van der Waals surface area contributed by atoms with Crippen LogP contribution in [0.1, 0.15) is 0 Å². The van der Waals surface area contributed by atoms with Crippen LogP contribution in [0.5, 0.6) is 0 Å². The first-order chi connectivity index (χ1) is 8.79. The fraction of sp³-hybridized carbons (Fsp3) is 0.154. The molecule has 1 heterocycles. The topological polar surface area (TPSA) is 45.2 Å². The van der Waals surface area contributed by atoms with Crippen LogP contribution in [-0.2, 0) is 0 Å². The van der Waals surface area contributed by atoms with Gasteiger partial charge in [0, 0.05) is 24.3 Å². The van der Waals surface area contributed by atoms with Gasteiger partial charge in [-0.05, 0) is 48.3 Å². The van der Waals surface area contributed by atoms with Crippen molar-refractivity contribution in [2.75, 3.05) is 14.2 Å². The summed E-state index contributed by atoms with van der Waals surface area (Å²) >= 11 is 1.55. The van der Waals surface area contributed by atoms with E-state index in [0.717, 1.165) is 23.1 Å². The number of rotatable bonds is 3. The Morgan fingerprint density at radius 3 is 2.33 bits per heavy atom. The highest BCUT2D eigenvalue weighted by Crippen LogP contribution is 2.22. The van der Waals surface area contributed by atoms with Crippen LogP contribution in [0.4, 0.5) is 4.39 Å². The van der Waals surface area contributed by atoms with Gasteiger partial charge >= 0.3 is 0 Å². The molecule has 2 rings (SSSR count). The fourth-order valence-corrected chi connectivity index (χ4v) is 1.92. The van der Waals surface area contributed by atoms with Crippen molar-refractivity contribution in [1.29, 1.82) is 0 Å². The van der Waals surface area contributed by atoms with Gasteiger partial charge < -0.3 is 5.11 Å². The summed E-state index contributed by atoms with van der Waals surface area (Å²) in [7, 11) is 2.87. The molecule has 0 fully saturated rings. The van der Waals surface area contributed by atoms with Gasteiger partial charge in [0.05, 0.1) is 0 Å². The van der Waals surface area contributed by atoms with E-state index in [9.17, 15) is 4.39 Å². The molecule has 96 valence electrons. The predicted octanol–water partition coefficient (Wildman–Crippen LogP) is 2.72. The first-order valence-corrected chi connectivity index (χ1v) is 6.11. The number of nitrogens with zero attached hydrogens (tertiary/aromatic N) is 1. The van der Waals surface area contributed by atoms with Crippen LogP contribution in [0.25, 0.3) is 11.1 Å². The molecule has 0 radical (unpaired) electrons. The molecule has 0 unspecified atom stereocenters. The van der Waals surface area contributed by atoms with Crippen molar-refractivity contribution in [3.63, 3.8) is 0 Å². The normalized spacial score (nSPS) is 9.56. The van der Waals surface area contributed by atoms with E-state index in [1.165, 1.54) is 12.3 Å². The molecule has 0 aliphatic rings. The Labute approximate surface area is 110 Å². The smallest absolute Gasteiger partial charge is 0.213 e. The minimum absolute atomic E-state index is 0.453. The molecule has 1 aromatic carbocycles. The SMILES string of the molecule is CNSc1ccc(-c2ccnc(F)c2)cc1.CO. The zero-order valence-corrected chi connectivity index (χ0v) is 11.0. The standard InChI is InChI=1S/C12H11FN2S.CH4O/c1-14-16-11-4-2-9(3-5-11)10-6-7-15-12(13)8-10;1-2/h2-8,14H,1H3;2H,1H3. The van der Waals surface area contributed by atoms with E-state index in [0.29, 0.717) is 0 Å². The molecule has 0 atom stereocenters. The van der Waals surface area contributed by atoms with E-state index in [2.05, 4.69) is 9.71 Å². The lowest BCUT2D eigenvalue weighted by molar-refractivity contribution is 0.399. The number of aliphatic hydroxyl groups is 1. The molecular formula is C13H15FN2OS. The summed E-state index contributed by atoms with van der Waals surface area (Å²) < 4.78 is 15.9. The van der Waals surface area contributed by atoms with Crippen molar-refractivity contribution in [2.24, 2.45) is 0 Å². The maximum atomic E-state index is 12.9. The fourth-order valence-electron chi connectivity index (χ4n) is 1.42. The first-order valence-electron chi connectivity index (χ1n) is 5.30. The van der Waals surface area contributed by atoms with Crippen molar-refractivity contribution in [3.05, 3.63) is 48.5 Å². The Balaban J connectivity index is 0.000000771. The van der Waals surface area contributed by atoms with Crippen LogP contribution >= 0.6 is 11.9 Å². The average Bonchev–Trinajstić information content (AvgIpc) is 2.42. The number of pyridine rings is 1. The minimum Gasteiger partial charge on any atom is -0.400 e. The number of benzene rings is 1. The largest absolute Gasteiger partial charge is 0.400 e. The van der Waals surface area contributed by atoms with E-state index in [-0.39, 0.29) is 0 Å². The minimum atomic E-state index is -0.453. The molecular weight excluding hydrogens is 251 g/mol. The van der Waals surface area contributed by atoms with E-state index < -0.39 is 5.95 Å². The van der Waals surface area contributed by atoms with Crippen molar-refractivity contribution in [3.8, 4) is 11.1 Å². The third-order valence-corrected chi connectivity index (χ3v) is 2.85. The summed E-state index contributed by atoms with van der Waals surface area (Å²) in [4.78, 5) is 4.66. The number of nitrogens with one attached hydrogen (secondary N) is 1. The molecule has 5 heteroatoms. The van der Waals surface area contributed by atoms with Gasteiger partial charge in [-0.15, -0.1) is 0 Å². The third kappa shape index (κ3) is 4.10. The highest BCUT2D eigenvalue weighted by Gasteiger charge is 2.00. The maximum absolute atomic E-state index is 12.9. The van der Waals surface area contributed by atoms with Crippen LogP contribution in [0, 0.1) is 5.95 Å². The number of halogens is 1. The molecule has 18 heavy (non-hydrogen) atoms. The van der Waals surface area contributed by atoms with Crippen LogP contribution in [-0.4, -0.2) is 24.2 Å². The molecule has 3 nitrogen and oxygen atoms in total. The van der Waals surface area contributed by atoms with E-state index in [4.69, 9.17) is 5.11 Å². The van der Waals surface area contributed by atoms with Crippen molar-refractivity contribution < 1.29 is 9.50 Å². The number of hydrogen-bond donors (Lipinski definition) is 2. The number of aromatic nitrogens is 1. The van der Waals surface area contributed by atoms with Crippen LogP contribution in [0.15, 0.2) is 47.5 Å². The van der Waals surface area contributed by atoms with Gasteiger partial charge in [-0.1, -0.05) is 12.1 Å². The first kappa shape index (κ1) is 14.6. The van der Waals surface area contributed by atoms with Gasteiger partial charge in [-0.25, -0.2) is 4.98 Å². The Hall–Kier alpha value is -1.43. The Kier molecular flexibility index (Phi) is 6.35. The van der Waals surface area contributed by atoms with Gasteiger partial charge in [0.2, 0.25) is 5.95 Å². The summed E-state index contributed by atoms with van der Waals surface area (Å²) in [5.74, 6) is -0.453. The second-order valence-electron chi connectivity index (χ2n) is 3.20. The van der Waals surface area contributed by atoms with Gasteiger partial charge in [0.15, 0.2) is 0 Å². The van der Waals surface area contributed by atoms with E-state index in [1.54, 1.807) is 18.0 Å². The molecule has 0 saturated carbocycles. The van der Waals surface area contributed by atoms with Crippen molar-refractivity contribution >= 4 is 11.9 Å². The van der Waals surface area contributed by atoms with Gasteiger partial charge in [0.1, 0.15) is 0 Å². The highest BCUT2D eigenvalue weighted by atomic mass is 32.2. The molecule has 0 bridgehead atoms. The molecule has 0 aliphatic heterocycles. The summed E-state index contributed by atoms with van der Waals surface area (Å²) in [5, 5.41) is 7.00.